The largest absolute Gasteiger partial charge is 0.480 e. The number of nitrogens with one attached hydrogen (secondary N) is 1. The molecular weight excluding hydrogens is 264 g/mol. The zero-order chi connectivity index (χ0) is 14.4. The number of carboxylic acid groups (broad SMARTS) is 1. The molecule has 1 rings (SSSR count). The number of rotatable bonds is 7. The first-order valence-corrected chi connectivity index (χ1v) is 7.06. The molecule has 0 fully saturated rings. The molecule has 1 unspecified atom stereocenters. The summed E-state index contributed by atoms with van der Waals surface area (Å²) in [5, 5.41) is 13.6. The summed E-state index contributed by atoms with van der Waals surface area (Å²) in [5.74, 6) is -1.08. The van der Waals surface area contributed by atoms with Crippen molar-refractivity contribution in [1.29, 1.82) is 0 Å². The highest BCUT2D eigenvalue weighted by Gasteiger charge is 2.18. The summed E-state index contributed by atoms with van der Waals surface area (Å²) in [6, 6.07) is 3.87. The number of carbonyl (C=O) groups is 2. The Morgan fingerprint density at radius 3 is 2.53 bits per heavy atom. The average Bonchev–Trinajstić information content (AvgIpc) is 2.80. The van der Waals surface area contributed by atoms with E-state index in [2.05, 4.69) is 5.32 Å². The number of carboxylic acids is 1. The minimum Gasteiger partial charge on any atom is -0.480 e. The van der Waals surface area contributed by atoms with Crippen molar-refractivity contribution < 1.29 is 14.7 Å². The number of aliphatic carboxylic acids is 1. The van der Waals surface area contributed by atoms with Gasteiger partial charge in [-0.05, 0) is 32.2 Å². The summed E-state index contributed by atoms with van der Waals surface area (Å²) >= 11 is 1.59. The first kappa shape index (κ1) is 15.7. The van der Waals surface area contributed by atoms with Crippen LogP contribution in [0, 0.1) is 0 Å². The van der Waals surface area contributed by atoms with Crippen LogP contribution in [0.1, 0.15) is 31.7 Å². The quantitative estimate of drug-likeness (QED) is 0.800. The lowest BCUT2D eigenvalue weighted by molar-refractivity contribution is -0.139. The lowest BCUT2D eigenvalue weighted by atomic mass is 10.2. The van der Waals surface area contributed by atoms with Gasteiger partial charge in [0, 0.05) is 10.9 Å². The monoisotopic (exact) mass is 284 g/mol. The van der Waals surface area contributed by atoms with Crippen molar-refractivity contribution in [3.63, 3.8) is 0 Å². The summed E-state index contributed by atoms with van der Waals surface area (Å²) in [6.45, 7) is 5.64. The van der Waals surface area contributed by atoms with Crippen molar-refractivity contribution in [2.24, 2.45) is 0 Å². The molecule has 0 spiro atoms. The van der Waals surface area contributed by atoms with Crippen molar-refractivity contribution in [2.45, 2.75) is 32.9 Å². The molecule has 0 aromatic carbocycles. The Balaban J connectivity index is 2.50. The highest BCUT2D eigenvalue weighted by Crippen LogP contribution is 2.17. The molecule has 1 amide bonds. The van der Waals surface area contributed by atoms with Crippen LogP contribution in [0.4, 0.5) is 0 Å². The molecule has 1 aromatic rings. The summed E-state index contributed by atoms with van der Waals surface area (Å²) in [5.41, 5.74) is 0. The molecule has 0 aliphatic carbocycles. The molecule has 0 saturated heterocycles. The maximum atomic E-state index is 11.9. The lowest BCUT2D eigenvalue weighted by Crippen LogP contribution is -2.43. The van der Waals surface area contributed by atoms with E-state index in [0.29, 0.717) is 0 Å². The third-order valence-corrected chi connectivity index (χ3v) is 3.82. The van der Waals surface area contributed by atoms with Gasteiger partial charge in [-0.3, -0.25) is 14.5 Å². The second-order valence-corrected chi connectivity index (χ2v) is 5.68. The third kappa shape index (κ3) is 5.40. The number of amides is 1. The van der Waals surface area contributed by atoms with Crippen LogP contribution in [0.3, 0.4) is 0 Å². The summed E-state index contributed by atoms with van der Waals surface area (Å²) in [7, 11) is 0. The van der Waals surface area contributed by atoms with Gasteiger partial charge in [-0.25, -0.2) is 0 Å². The Labute approximate surface area is 117 Å². The fraction of sp³-hybridized carbons (Fsp3) is 0.538. The van der Waals surface area contributed by atoms with Crippen LogP contribution in [0.25, 0.3) is 0 Å². The predicted molar refractivity (Wildman–Crippen MR) is 75.2 cm³/mol. The van der Waals surface area contributed by atoms with Gasteiger partial charge in [0.1, 0.15) is 0 Å². The van der Waals surface area contributed by atoms with E-state index < -0.39 is 5.97 Å². The molecule has 5 nitrogen and oxygen atoms in total. The van der Waals surface area contributed by atoms with Crippen LogP contribution in [0.5, 0.6) is 0 Å². The highest BCUT2D eigenvalue weighted by molar-refractivity contribution is 7.10. The Hall–Kier alpha value is -1.40. The van der Waals surface area contributed by atoms with E-state index in [4.69, 9.17) is 5.11 Å². The summed E-state index contributed by atoms with van der Waals surface area (Å²) in [4.78, 5) is 25.3. The molecule has 0 saturated carbocycles. The van der Waals surface area contributed by atoms with Crippen molar-refractivity contribution in [2.75, 3.05) is 13.1 Å². The maximum absolute atomic E-state index is 11.9. The number of hydrogen-bond acceptors (Lipinski definition) is 4. The van der Waals surface area contributed by atoms with E-state index in [9.17, 15) is 9.59 Å². The van der Waals surface area contributed by atoms with Gasteiger partial charge in [0.2, 0.25) is 5.91 Å². The Morgan fingerprint density at radius 2 is 2.05 bits per heavy atom. The van der Waals surface area contributed by atoms with Gasteiger partial charge in [-0.1, -0.05) is 6.07 Å². The smallest absolute Gasteiger partial charge is 0.317 e. The maximum Gasteiger partial charge on any atom is 0.317 e. The topological polar surface area (TPSA) is 69.6 Å². The first-order valence-electron chi connectivity index (χ1n) is 6.18. The molecule has 19 heavy (non-hydrogen) atoms. The van der Waals surface area contributed by atoms with Crippen LogP contribution >= 0.6 is 11.3 Å². The van der Waals surface area contributed by atoms with Crippen LogP contribution in [0.2, 0.25) is 0 Å². The SMILES string of the molecule is CC(NC(=O)CN(CC(=O)O)C(C)C)c1cccs1. The Morgan fingerprint density at radius 1 is 1.37 bits per heavy atom. The molecule has 0 aliphatic heterocycles. The molecule has 0 radical (unpaired) electrons. The van der Waals surface area contributed by atoms with Gasteiger partial charge in [0.15, 0.2) is 0 Å². The minimum absolute atomic E-state index is 0.0129. The van der Waals surface area contributed by atoms with Crippen LogP contribution in [-0.2, 0) is 9.59 Å². The van der Waals surface area contributed by atoms with Crippen molar-refractivity contribution in [1.82, 2.24) is 10.2 Å². The molecular formula is C13H20N2O3S. The van der Waals surface area contributed by atoms with Crippen LogP contribution in [0.15, 0.2) is 17.5 Å². The highest BCUT2D eigenvalue weighted by atomic mass is 32.1. The molecule has 1 atom stereocenters. The fourth-order valence-corrected chi connectivity index (χ4v) is 2.41. The Bertz CT molecular complexity index is 418. The summed E-state index contributed by atoms with van der Waals surface area (Å²) < 4.78 is 0. The second kappa shape index (κ2) is 7.25. The molecule has 1 aromatic heterocycles. The molecule has 1 heterocycles. The zero-order valence-electron chi connectivity index (χ0n) is 11.4. The Kier molecular flexibility index (Phi) is 5.98. The number of nitrogens with zero attached hydrogens (tertiary/aromatic N) is 1. The molecule has 2 N–H and O–H groups in total. The number of hydrogen-bond donors (Lipinski definition) is 2. The van der Waals surface area contributed by atoms with Gasteiger partial charge in [0.25, 0.3) is 0 Å². The predicted octanol–water partition coefficient (Wildman–Crippen LogP) is 1.72. The number of carbonyl (C=O) groups excluding carboxylic acids is 1. The van der Waals surface area contributed by atoms with Crippen molar-refractivity contribution in [3.05, 3.63) is 22.4 Å². The van der Waals surface area contributed by atoms with E-state index >= 15 is 0 Å². The number of thiophene rings is 1. The molecule has 0 bridgehead atoms. The van der Waals surface area contributed by atoms with Crippen molar-refractivity contribution in [3.8, 4) is 0 Å². The standard InChI is InChI=1S/C13H20N2O3S/c1-9(2)15(8-13(17)18)7-12(16)14-10(3)11-5-4-6-19-11/h4-6,9-10H,7-8H2,1-3H3,(H,14,16)(H,17,18). The van der Waals surface area contributed by atoms with E-state index in [0.717, 1.165) is 4.88 Å². The van der Waals surface area contributed by atoms with Crippen LogP contribution < -0.4 is 5.32 Å². The minimum atomic E-state index is -0.923. The molecule has 106 valence electrons. The lowest BCUT2D eigenvalue weighted by Gasteiger charge is -2.24. The second-order valence-electron chi connectivity index (χ2n) is 4.70. The summed E-state index contributed by atoms with van der Waals surface area (Å²) in [6.07, 6.45) is 0. The fourth-order valence-electron chi connectivity index (χ4n) is 1.68. The molecule has 6 heteroatoms. The molecule has 0 aliphatic rings. The van der Waals surface area contributed by atoms with Crippen molar-refractivity contribution >= 4 is 23.2 Å². The van der Waals surface area contributed by atoms with Gasteiger partial charge < -0.3 is 10.4 Å². The van der Waals surface area contributed by atoms with Gasteiger partial charge in [0.05, 0.1) is 19.1 Å². The third-order valence-electron chi connectivity index (χ3n) is 2.76. The van der Waals surface area contributed by atoms with Crippen LogP contribution in [-0.4, -0.2) is 41.0 Å². The van der Waals surface area contributed by atoms with Gasteiger partial charge in [-0.2, -0.15) is 0 Å². The van der Waals surface area contributed by atoms with Gasteiger partial charge >= 0.3 is 5.97 Å². The van der Waals surface area contributed by atoms with E-state index in [1.165, 1.54) is 0 Å². The zero-order valence-corrected chi connectivity index (χ0v) is 12.2. The normalized spacial score (nSPS) is 12.7. The van der Waals surface area contributed by atoms with E-state index in [1.54, 1.807) is 16.2 Å². The van der Waals surface area contributed by atoms with E-state index in [-0.39, 0.29) is 31.1 Å². The first-order chi connectivity index (χ1) is 8.90. The average molecular weight is 284 g/mol. The van der Waals surface area contributed by atoms with Gasteiger partial charge in [-0.15, -0.1) is 11.3 Å². The van der Waals surface area contributed by atoms with E-state index in [1.807, 2.05) is 38.3 Å².